The van der Waals surface area contributed by atoms with Gasteiger partial charge in [-0.05, 0) is 6.92 Å². The minimum atomic E-state index is -0.894. The van der Waals surface area contributed by atoms with Crippen LogP contribution in [0.2, 0.25) is 0 Å². The van der Waals surface area contributed by atoms with Gasteiger partial charge in [0.2, 0.25) is 0 Å². The zero-order valence-corrected chi connectivity index (χ0v) is 15.7. The van der Waals surface area contributed by atoms with E-state index in [0.29, 0.717) is 16.7 Å². The molecule has 4 rings (SSSR count). The van der Waals surface area contributed by atoms with E-state index < -0.39 is 12.1 Å². The number of ether oxygens (including phenoxy) is 4. The lowest BCUT2D eigenvalue weighted by atomic mass is 9.81. The van der Waals surface area contributed by atoms with Crippen molar-refractivity contribution in [3.05, 3.63) is 52.1 Å². The van der Waals surface area contributed by atoms with Crippen LogP contribution in [0.4, 0.5) is 0 Å². The van der Waals surface area contributed by atoms with Crippen LogP contribution in [0.25, 0.3) is 0 Å². The molecule has 0 spiro atoms. The van der Waals surface area contributed by atoms with Gasteiger partial charge in [0, 0.05) is 23.1 Å². The molecule has 1 unspecified atom stereocenters. The van der Waals surface area contributed by atoms with E-state index >= 15 is 0 Å². The van der Waals surface area contributed by atoms with Crippen molar-refractivity contribution in [2.24, 2.45) is 0 Å². The number of hydrogen-bond donors (Lipinski definition) is 0. The van der Waals surface area contributed by atoms with E-state index in [9.17, 15) is 14.4 Å². The number of fused-ring (bicyclic) bond motifs is 3. The average Bonchev–Trinajstić information content (AvgIpc) is 3.15. The maximum atomic E-state index is 13.2. The van der Waals surface area contributed by atoms with Crippen LogP contribution in [0.15, 0.2) is 24.3 Å². The molecule has 2 aromatic rings. The molecule has 0 saturated carbocycles. The Hall–Kier alpha value is -3.35. The summed E-state index contributed by atoms with van der Waals surface area (Å²) in [7, 11) is 2.81. The first kappa shape index (κ1) is 18.0. The first-order chi connectivity index (χ1) is 13.5. The van der Waals surface area contributed by atoms with Gasteiger partial charge in [-0.3, -0.25) is 9.59 Å². The van der Waals surface area contributed by atoms with Gasteiger partial charge in [0.1, 0.15) is 5.75 Å². The summed E-state index contributed by atoms with van der Waals surface area (Å²) in [5, 5.41) is 0. The van der Waals surface area contributed by atoms with E-state index in [0.717, 1.165) is 0 Å². The van der Waals surface area contributed by atoms with Crippen molar-refractivity contribution in [3.8, 4) is 17.2 Å². The van der Waals surface area contributed by atoms with E-state index in [-0.39, 0.29) is 53.0 Å². The number of benzene rings is 2. The second kappa shape index (κ2) is 6.67. The average molecular weight is 382 g/mol. The second-order valence-corrected chi connectivity index (χ2v) is 6.39. The van der Waals surface area contributed by atoms with Crippen LogP contribution in [0.1, 0.15) is 44.3 Å². The molecule has 0 aromatic heterocycles. The van der Waals surface area contributed by atoms with Gasteiger partial charge in [0.25, 0.3) is 0 Å². The summed E-state index contributed by atoms with van der Waals surface area (Å²) >= 11 is 0. The lowest BCUT2D eigenvalue weighted by Crippen LogP contribution is -2.27. The summed E-state index contributed by atoms with van der Waals surface area (Å²) < 4.78 is 21.8. The van der Waals surface area contributed by atoms with Crippen molar-refractivity contribution in [3.63, 3.8) is 0 Å². The third kappa shape index (κ3) is 2.39. The molecule has 0 amide bonds. The molecule has 2 aromatic carbocycles. The third-order valence-corrected chi connectivity index (χ3v) is 4.94. The normalized spacial score (nSPS) is 16.6. The monoisotopic (exact) mass is 382 g/mol. The summed E-state index contributed by atoms with van der Waals surface area (Å²) in [5.74, 6) is -0.622. The van der Waals surface area contributed by atoms with Gasteiger partial charge in [-0.2, -0.15) is 0 Å². The Balaban J connectivity index is 1.96. The molecule has 0 bridgehead atoms. The minimum Gasteiger partial charge on any atom is -0.496 e. The molecule has 0 fully saturated rings. The molecule has 0 radical (unpaired) electrons. The van der Waals surface area contributed by atoms with Crippen LogP contribution < -0.4 is 14.2 Å². The number of carbonyl (C=O) groups excluding carboxylic acids is 3. The van der Waals surface area contributed by atoms with Gasteiger partial charge < -0.3 is 18.9 Å². The largest absolute Gasteiger partial charge is 0.496 e. The highest BCUT2D eigenvalue weighted by Gasteiger charge is 2.43. The predicted octanol–water partition coefficient (Wildman–Crippen LogP) is 2.35. The summed E-state index contributed by atoms with van der Waals surface area (Å²) in [6.45, 7) is 1.92. The third-order valence-electron chi connectivity index (χ3n) is 4.94. The summed E-state index contributed by atoms with van der Waals surface area (Å²) in [4.78, 5) is 38.6. The summed E-state index contributed by atoms with van der Waals surface area (Å²) in [6, 6.07) is 6.60. The number of carbonyl (C=O) groups is 3. The van der Waals surface area contributed by atoms with Crippen molar-refractivity contribution >= 4 is 17.5 Å². The van der Waals surface area contributed by atoms with Crippen molar-refractivity contribution < 1.29 is 33.3 Å². The highest BCUT2D eigenvalue weighted by molar-refractivity contribution is 6.30. The smallest absolute Gasteiger partial charge is 0.347 e. The molecule has 0 N–H and O–H groups in total. The first-order valence-electron chi connectivity index (χ1n) is 8.85. The maximum absolute atomic E-state index is 13.2. The van der Waals surface area contributed by atoms with E-state index in [2.05, 4.69) is 0 Å². The lowest BCUT2D eigenvalue weighted by molar-refractivity contribution is -0.150. The van der Waals surface area contributed by atoms with E-state index in [1.165, 1.54) is 14.2 Å². The fourth-order valence-corrected chi connectivity index (χ4v) is 3.78. The molecule has 1 atom stereocenters. The number of rotatable bonds is 4. The van der Waals surface area contributed by atoms with Gasteiger partial charge in [0.05, 0.1) is 32.0 Å². The molecular formula is C21H18O7. The Morgan fingerprint density at radius 3 is 2.14 bits per heavy atom. The number of methoxy groups -OCH3 is 2. The van der Waals surface area contributed by atoms with Crippen molar-refractivity contribution in [2.75, 3.05) is 20.8 Å². The van der Waals surface area contributed by atoms with Crippen LogP contribution in [0.5, 0.6) is 17.2 Å². The molecule has 144 valence electrons. The van der Waals surface area contributed by atoms with Gasteiger partial charge in [0.15, 0.2) is 29.2 Å². The van der Waals surface area contributed by atoms with Crippen LogP contribution in [-0.2, 0) is 16.0 Å². The van der Waals surface area contributed by atoms with Crippen LogP contribution >= 0.6 is 0 Å². The molecule has 2 aliphatic rings. The van der Waals surface area contributed by atoms with Gasteiger partial charge >= 0.3 is 5.97 Å². The number of ketones is 2. The number of esters is 1. The van der Waals surface area contributed by atoms with E-state index in [1.807, 2.05) is 0 Å². The Morgan fingerprint density at radius 2 is 1.61 bits per heavy atom. The minimum absolute atomic E-state index is 0.0892. The zero-order chi connectivity index (χ0) is 20.0. The maximum Gasteiger partial charge on any atom is 0.347 e. The Labute approximate surface area is 161 Å². The zero-order valence-electron chi connectivity index (χ0n) is 15.7. The topological polar surface area (TPSA) is 88.1 Å². The van der Waals surface area contributed by atoms with Crippen molar-refractivity contribution in [2.45, 2.75) is 19.4 Å². The SMILES string of the molecule is CCOC(=O)C1Cc2c(c(OC)c3c(c2OC)C(=O)c2ccccc2C3=O)O1. The first-order valence-corrected chi connectivity index (χ1v) is 8.85. The molecule has 0 saturated heterocycles. The second-order valence-electron chi connectivity index (χ2n) is 6.39. The Kier molecular flexibility index (Phi) is 4.30. The molecular weight excluding hydrogens is 364 g/mol. The summed E-state index contributed by atoms with van der Waals surface area (Å²) in [6.07, 6.45) is -0.737. The Bertz CT molecular complexity index is 950. The van der Waals surface area contributed by atoms with Gasteiger partial charge in [-0.15, -0.1) is 0 Å². The standard InChI is InChI=1S/C21H18O7/c1-4-27-21(24)13-9-12-18(25-2)14-15(20(26-3)19(12)28-13)17(23)11-8-6-5-7-10(11)16(14)22/h5-8,13H,4,9H2,1-3H3. The van der Waals surface area contributed by atoms with E-state index in [1.54, 1.807) is 31.2 Å². The Morgan fingerprint density at radius 1 is 1.04 bits per heavy atom. The molecule has 1 aliphatic carbocycles. The lowest BCUT2D eigenvalue weighted by Gasteiger charge is -2.23. The van der Waals surface area contributed by atoms with Gasteiger partial charge in [-0.25, -0.2) is 4.79 Å². The highest BCUT2D eigenvalue weighted by atomic mass is 16.6. The number of hydrogen-bond acceptors (Lipinski definition) is 7. The molecule has 7 heteroatoms. The van der Waals surface area contributed by atoms with Crippen molar-refractivity contribution in [1.29, 1.82) is 0 Å². The van der Waals surface area contributed by atoms with Crippen LogP contribution in [0, 0.1) is 0 Å². The summed E-state index contributed by atoms with van der Waals surface area (Å²) in [5.41, 5.74) is 1.33. The molecule has 1 heterocycles. The van der Waals surface area contributed by atoms with Crippen molar-refractivity contribution in [1.82, 2.24) is 0 Å². The highest BCUT2D eigenvalue weighted by Crippen LogP contribution is 2.51. The molecule has 7 nitrogen and oxygen atoms in total. The van der Waals surface area contributed by atoms with E-state index in [4.69, 9.17) is 18.9 Å². The quantitative estimate of drug-likeness (QED) is 0.640. The molecule has 1 aliphatic heterocycles. The predicted molar refractivity (Wildman–Crippen MR) is 97.6 cm³/mol. The van der Waals surface area contributed by atoms with Crippen LogP contribution in [0.3, 0.4) is 0 Å². The molecule has 28 heavy (non-hydrogen) atoms. The van der Waals surface area contributed by atoms with Crippen LogP contribution in [-0.4, -0.2) is 44.5 Å². The van der Waals surface area contributed by atoms with Gasteiger partial charge in [-0.1, -0.05) is 24.3 Å². The fraction of sp³-hybridized carbons (Fsp3) is 0.286. The fourth-order valence-electron chi connectivity index (χ4n) is 3.78.